The highest BCUT2D eigenvalue weighted by atomic mass is 19.1. The molecule has 0 aromatic heterocycles. The Hall–Kier alpha value is -1.13. The van der Waals surface area contributed by atoms with E-state index in [1.165, 1.54) is 25.3 Å². The molecule has 2 aliphatic heterocycles. The van der Waals surface area contributed by atoms with E-state index in [-0.39, 0.29) is 11.9 Å². The molecule has 20 heavy (non-hydrogen) atoms. The summed E-state index contributed by atoms with van der Waals surface area (Å²) < 4.78 is 19.2. The maximum atomic E-state index is 13.2. The molecule has 2 atom stereocenters. The number of likely N-dealkylation sites (N-methyl/N-ethyl adjacent to an activating group) is 1. The van der Waals surface area contributed by atoms with Crippen molar-refractivity contribution in [1.29, 1.82) is 0 Å². The minimum absolute atomic E-state index is 0.168. The van der Waals surface area contributed by atoms with Gasteiger partial charge < -0.3 is 10.1 Å². The molecule has 2 unspecified atom stereocenters. The van der Waals surface area contributed by atoms with Gasteiger partial charge in [0, 0.05) is 31.1 Å². The van der Waals surface area contributed by atoms with Crippen molar-refractivity contribution in [3.8, 4) is 5.75 Å². The number of fused-ring (bicyclic) bond motifs is 1. The summed E-state index contributed by atoms with van der Waals surface area (Å²) in [5, 5.41) is 3.28. The summed E-state index contributed by atoms with van der Waals surface area (Å²) in [6.45, 7) is 3.13. The van der Waals surface area contributed by atoms with Gasteiger partial charge in [-0.15, -0.1) is 0 Å². The van der Waals surface area contributed by atoms with E-state index in [0.29, 0.717) is 6.04 Å². The predicted octanol–water partition coefficient (Wildman–Crippen LogP) is 2.20. The first kappa shape index (κ1) is 13.8. The first-order chi connectivity index (χ1) is 9.76. The molecule has 2 heterocycles. The van der Waals surface area contributed by atoms with Gasteiger partial charge in [0.05, 0.1) is 0 Å². The number of nitrogens with one attached hydrogen (secondary N) is 1. The van der Waals surface area contributed by atoms with Crippen LogP contribution in [0, 0.1) is 5.82 Å². The van der Waals surface area contributed by atoms with Crippen molar-refractivity contribution >= 4 is 0 Å². The van der Waals surface area contributed by atoms with Crippen LogP contribution in [-0.4, -0.2) is 43.7 Å². The van der Waals surface area contributed by atoms with E-state index in [1.54, 1.807) is 12.1 Å². The van der Waals surface area contributed by atoms with Crippen molar-refractivity contribution in [3.63, 3.8) is 0 Å². The molecule has 1 aromatic rings. The van der Waals surface area contributed by atoms with E-state index in [2.05, 4.69) is 10.2 Å². The zero-order valence-corrected chi connectivity index (χ0v) is 12.1. The Balaban J connectivity index is 1.61. The molecule has 3 rings (SSSR count). The van der Waals surface area contributed by atoms with E-state index in [4.69, 9.17) is 4.74 Å². The highest BCUT2D eigenvalue weighted by molar-refractivity contribution is 5.37. The first-order valence-corrected chi connectivity index (χ1v) is 7.60. The molecule has 2 aliphatic rings. The zero-order valence-electron chi connectivity index (χ0n) is 12.1. The number of piperidine rings is 1. The Labute approximate surface area is 120 Å². The second-order valence-corrected chi connectivity index (χ2v) is 5.90. The summed E-state index contributed by atoms with van der Waals surface area (Å²) in [5.74, 6) is 0.692. The largest absolute Gasteiger partial charge is 0.488 e. The Morgan fingerprint density at radius 2 is 2.30 bits per heavy atom. The number of ether oxygens (including phenoxy) is 1. The lowest BCUT2D eigenvalue weighted by atomic mass is 10.0. The molecule has 0 radical (unpaired) electrons. The van der Waals surface area contributed by atoms with Crippen LogP contribution in [-0.2, 0) is 6.42 Å². The zero-order chi connectivity index (χ0) is 13.9. The Morgan fingerprint density at radius 1 is 1.40 bits per heavy atom. The Bertz CT molecular complexity index is 464. The van der Waals surface area contributed by atoms with Crippen LogP contribution in [0.25, 0.3) is 0 Å². The smallest absolute Gasteiger partial charge is 0.123 e. The molecular weight excluding hydrogens is 255 g/mol. The van der Waals surface area contributed by atoms with Crippen molar-refractivity contribution in [2.45, 2.75) is 37.8 Å². The minimum Gasteiger partial charge on any atom is -0.488 e. The third kappa shape index (κ3) is 2.96. The topological polar surface area (TPSA) is 24.5 Å². The molecule has 4 heteroatoms. The van der Waals surface area contributed by atoms with E-state index < -0.39 is 0 Å². The fraction of sp³-hybridized carbons (Fsp3) is 0.625. The molecule has 1 saturated heterocycles. The second kappa shape index (κ2) is 6.10. The van der Waals surface area contributed by atoms with Crippen molar-refractivity contribution < 1.29 is 9.13 Å². The van der Waals surface area contributed by atoms with E-state index in [9.17, 15) is 4.39 Å². The molecule has 1 N–H and O–H groups in total. The Morgan fingerprint density at radius 3 is 3.15 bits per heavy atom. The summed E-state index contributed by atoms with van der Waals surface area (Å²) in [6, 6.07) is 5.45. The van der Waals surface area contributed by atoms with Gasteiger partial charge in [-0.1, -0.05) is 6.42 Å². The van der Waals surface area contributed by atoms with Gasteiger partial charge in [0.1, 0.15) is 17.7 Å². The van der Waals surface area contributed by atoms with E-state index in [0.717, 1.165) is 37.4 Å². The number of likely N-dealkylation sites (tertiary alicyclic amines) is 1. The molecule has 0 saturated carbocycles. The summed E-state index contributed by atoms with van der Waals surface area (Å²) in [4.78, 5) is 2.53. The van der Waals surface area contributed by atoms with Gasteiger partial charge >= 0.3 is 0 Å². The lowest BCUT2D eigenvalue weighted by molar-refractivity contribution is 0.0904. The highest BCUT2D eigenvalue weighted by Crippen LogP contribution is 2.30. The van der Waals surface area contributed by atoms with Crippen LogP contribution in [0.15, 0.2) is 18.2 Å². The number of benzene rings is 1. The van der Waals surface area contributed by atoms with Gasteiger partial charge in [-0.3, -0.25) is 4.90 Å². The average molecular weight is 278 g/mol. The SMILES string of the molecule is CNCC1CCCCN1CC1Cc2cc(F)ccc2O1. The predicted molar refractivity (Wildman–Crippen MR) is 77.7 cm³/mol. The quantitative estimate of drug-likeness (QED) is 0.914. The number of hydrogen-bond donors (Lipinski definition) is 1. The van der Waals surface area contributed by atoms with Crippen molar-refractivity contribution in [2.24, 2.45) is 0 Å². The number of halogens is 1. The fourth-order valence-corrected chi connectivity index (χ4v) is 3.42. The van der Waals surface area contributed by atoms with Crippen LogP contribution < -0.4 is 10.1 Å². The molecule has 110 valence electrons. The highest BCUT2D eigenvalue weighted by Gasteiger charge is 2.29. The molecule has 0 bridgehead atoms. The normalized spacial score (nSPS) is 26.3. The van der Waals surface area contributed by atoms with Gasteiger partial charge in [-0.25, -0.2) is 4.39 Å². The average Bonchev–Trinajstić information content (AvgIpc) is 2.82. The van der Waals surface area contributed by atoms with Gasteiger partial charge in [-0.2, -0.15) is 0 Å². The number of hydrogen-bond acceptors (Lipinski definition) is 3. The maximum Gasteiger partial charge on any atom is 0.123 e. The third-order valence-corrected chi connectivity index (χ3v) is 4.39. The number of nitrogens with zero attached hydrogens (tertiary/aromatic N) is 1. The van der Waals surface area contributed by atoms with Gasteiger partial charge in [0.2, 0.25) is 0 Å². The maximum absolute atomic E-state index is 13.2. The molecule has 1 fully saturated rings. The lowest BCUT2D eigenvalue weighted by Gasteiger charge is -2.36. The molecule has 0 spiro atoms. The summed E-state index contributed by atoms with van der Waals surface area (Å²) in [5.41, 5.74) is 1.01. The lowest BCUT2D eigenvalue weighted by Crippen LogP contribution is -2.48. The van der Waals surface area contributed by atoms with Crippen LogP contribution >= 0.6 is 0 Å². The monoisotopic (exact) mass is 278 g/mol. The third-order valence-electron chi connectivity index (χ3n) is 4.39. The van der Waals surface area contributed by atoms with Crippen LogP contribution in [0.3, 0.4) is 0 Å². The number of rotatable bonds is 4. The standard InChI is InChI=1S/C16H23FN2O/c1-18-10-14-4-2-3-7-19(14)11-15-9-12-8-13(17)5-6-16(12)20-15/h5-6,8,14-15,18H,2-4,7,9-11H2,1H3. The molecule has 0 aliphatic carbocycles. The van der Waals surface area contributed by atoms with E-state index >= 15 is 0 Å². The van der Waals surface area contributed by atoms with Crippen LogP contribution in [0.5, 0.6) is 5.75 Å². The first-order valence-electron chi connectivity index (χ1n) is 7.60. The van der Waals surface area contributed by atoms with Gasteiger partial charge in [0.15, 0.2) is 0 Å². The van der Waals surface area contributed by atoms with Gasteiger partial charge in [-0.05, 0) is 44.6 Å². The van der Waals surface area contributed by atoms with Crippen LogP contribution in [0.1, 0.15) is 24.8 Å². The molecule has 0 amide bonds. The van der Waals surface area contributed by atoms with Gasteiger partial charge in [0.25, 0.3) is 0 Å². The molecular formula is C16H23FN2O. The minimum atomic E-state index is -0.168. The second-order valence-electron chi connectivity index (χ2n) is 5.90. The summed E-state index contributed by atoms with van der Waals surface area (Å²) in [7, 11) is 2.01. The fourth-order valence-electron chi connectivity index (χ4n) is 3.42. The summed E-state index contributed by atoms with van der Waals surface area (Å²) in [6.07, 6.45) is 4.85. The van der Waals surface area contributed by atoms with Crippen LogP contribution in [0.2, 0.25) is 0 Å². The van der Waals surface area contributed by atoms with Crippen molar-refractivity contribution in [1.82, 2.24) is 10.2 Å². The Kier molecular flexibility index (Phi) is 4.22. The van der Waals surface area contributed by atoms with E-state index in [1.807, 2.05) is 7.05 Å². The van der Waals surface area contributed by atoms with Crippen LogP contribution in [0.4, 0.5) is 4.39 Å². The van der Waals surface area contributed by atoms with Crippen molar-refractivity contribution in [2.75, 3.05) is 26.7 Å². The summed E-state index contributed by atoms with van der Waals surface area (Å²) >= 11 is 0. The molecule has 3 nitrogen and oxygen atoms in total. The molecule has 1 aromatic carbocycles. The van der Waals surface area contributed by atoms with Crippen molar-refractivity contribution in [3.05, 3.63) is 29.6 Å².